The zero-order chi connectivity index (χ0) is 17.9. The van der Waals surface area contributed by atoms with Crippen molar-refractivity contribution in [1.29, 1.82) is 0 Å². The first kappa shape index (κ1) is 17.4. The molecule has 0 spiro atoms. The minimum Gasteiger partial charge on any atom is -0.322 e. The second-order valence-electron chi connectivity index (χ2n) is 5.61. The molecule has 1 aliphatic heterocycles. The van der Waals surface area contributed by atoms with E-state index in [0.29, 0.717) is 0 Å². The molecule has 0 bridgehead atoms. The maximum Gasteiger partial charge on any atom is 0.322 e. The molecule has 0 atom stereocenters. The minimum absolute atomic E-state index is 0.104. The molecule has 1 heterocycles. The number of nitrogens with zero attached hydrogens (tertiary/aromatic N) is 2. The number of anilines is 1. The average Bonchev–Trinajstić information content (AvgIpc) is 2.64. The normalized spacial score (nSPS) is 15.8. The molecule has 3 rings (SSSR count). The molecule has 0 saturated carbocycles. The second kappa shape index (κ2) is 7.20. The number of sulfonamides is 1. The van der Waals surface area contributed by atoms with Crippen LogP contribution in [0.5, 0.6) is 0 Å². The van der Waals surface area contributed by atoms with E-state index in [2.05, 4.69) is 5.32 Å². The number of benzene rings is 2. The maximum atomic E-state index is 13.6. The summed E-state index contributed by atoms with van der Waals surface area (Å²) >= 11 is 0. The summed E-state index contributed by atoms with van der Waals surface area (Å²) in [5.41, 5.74) is 0.104. The lowest BCUT2D eigenvalue weighted by atomic mass is 10.3. The third-order valence-electron chi connectivity index (χ3n) is 4.02. The molecule has 6 nitrogen and oxygen atoms in total. The van der Waals surface area contributed by atoms with Gasteiger partial charge in [0, 0.05) is 26.2 Å². The molecule has 2 amide bonds. The van der Waals surface area contributed by atoms with Gasteiger partial charge in [-0.05, 0) is 24.3 Å². The molecule has 2 aromatic carbocycles. The quantitative estimate of drug-likeness (QED) is 0.910. The third-order valence-corrected chi connectivity index (χ3v) is 5.94. The van der Waals surface area contributed by atoms with Crippen molar-refractivity contribution in [3.63, 3.8) is 0 Å². The standard InChI is InChI=1S/C17H18FN3O3S/c18-15-8-4-5-9-16(15)19-17(22)20-10-12-21(13-11-20)25(23,24)14-6-2-1-3-7-14/h1-9H,10-13H2,(H,19,22). The van der Waals surface area contributed by atoms with Crippen LogP contribution in [0, 0.1) is 5.82 Å². The summed E-state index contributed by atoms with van der Waals surface area (Å²) in [6.45, 7) is 0.878. The topological polar surface area (TPSA) is 69.7 Å². The van der Waals surface area contributed by atoms with E-state index in [9.17, 15) is 17.6 Å². The van der Waals surface area contributed by atoms with E-state index < -0.39 is 21.9 Å². The number of rotatable bonds is 3. The summed E-state index contributed by atoms with van der Waals surface area (Å²) in [6.07, 6.45) is 0. The van der Waals surface area contributed by atoms with Gasteiger partial charge in [0.1, 0.15) is 5.82 Å². The van der Waals surface area contributed by atoms with Gasteiger partial charge < -0.3 is 10.2 Å². The Morgan fingerprint density at radius 1 is 0.920 bits per heavy atom. The molecule has 132 valence electrons. The zero-order valence-electron chi connectivity index (χ0n) is 13.4. The van der Waals surface area contributed by atoms with Gasteiger partial charge in [0.15, 0.2) is 0 Å². The van der Waals surface area contributed by atoms with Gasteiger partial charge in [0.2, 0.25) is 10.0 Å². The van der Waals surface area contributed by atoms with Crippen LogP contribution in [-0.2, 0) is 10.0 Å². The Kier molecular flexibility index (Phi) is 5.00. The Balaban J connectivity index is 1.62. The third kappa shape index (κ3) is 3.80. The lowest BCUT2D eigenvalue weighted by Gasteiger charge is -2.34. The van der Waals surface area contributed by atoms with Crippen molar-refractivity contribution in [2.75, 3.05) is 31.5 Å². The molecule has 1 saturated heterocycles. The van der Waals surface area contributed by atoms with Crippen LogP contribution in [0.1, 0.15) is 0 Å². The fourth-order valence-electron chi connectivity index (χ4n) is 2.63. The van der Waals surface area contributed by atoms with Crippen LogP contribution in [0.25, 0.3) is 0 Å². The highest BCUT2D eigenvalue weighted by molar-refractivity contribution is 7.89. The summed E-state index contributed by atoms with van der Waals surface area (Å²) in [4.78, 5) is 13.9. The van der Waals surface area contributed by atoms with Crippen molar-refractivity contribution >= 4 is 21.7 Å². The van der Waals surface area contributed by atoms with E-state index >= 15 is 0 Å². The van der Waals surface area contributed by atoms with Gasteiger partial charge >= 0.3 is 6.03 Å². The van der Waals surface area contributed by atoms with Gasteiger partial charge in [-0.15, -0.1) is 0 Å². The summed E-state index contributed by atoms with van der Waals surface area (Å²) in [5.74, 6) is -0.513. The molecule has 0 unspecified atom stereocenters. The lowest BCUT2D eigenvalue weighted by Crippen LogP contribution is -2.51. The predicted molar refractivity (Wildman–Crippen MR) is 92.2 cm³/mol. The summed E-state index contributed by atoms with van der Waals surface area (Å²) in [6, 6.07) is 13.7. The van der Waals surface area contributed by atoms with Crippen LogP contribution in [-0.4, -0.2) is 49.8 Å². The van der Waals surface area contributed by atoms with Crippen LogP contribution in [0.15, 0.2) is 59.5 Å². The van der Waals surface area contributed by atoms with Crippen molar-refractivity contribution in [1.82, 2.24) is 9.21 Å². The number of piperazine rings is 1. The Morgan fingerprint density at radius 3 is 2.16 bits per heavy atom. The predicted octanol–water partition coefficient (Wildman–Crippen LogP) is 2.36. The molecule has 1 N–H and O–H groups in total. The number of hydrogen-bond acceptors (Lipinski definition) is 3. The highest BCUT2D eigenvalue weighted by Crippen LogP contribution is 2.18. The van der Waals surface area contributed by atoms with Gasteiger partial charge in [-0.3, -0.25) is 0 Å². The van der Waals surface area contributed by atoms with Gasteiger partial charge in [0.05, 0.1) is 10.6 Å². The van der Waals surface area contributed by atoms with Gasteiger partial charge in [-0.1, -0.05) is 30.3 Å². The highest BCUT2D eigenvalue weighted by atomic mass is 32.2. The van der Waals surface area contributed by atoms with E-state index in [1.165, 1.54) is 27.4 Å². The largest absolute Gasteiger partial charge is 0.322 e. The number of urea groups is 1. The fraction of sp³-hybridized carbons (Fsp3) is 0.235. The zero-order valence-corrected chi connectivity index (χ0v) is 14.2. The number of hydrogen-bond donors (Lipinski definition) is 1. The SMILES string of the molecule is O=C(Nc1ccccc1F)N1CCN(S(=O)(=O)c2ccccc2)CC1. The number of amides is 2. The van der Waals surface area contributed by atoms with E-state index in [1.54, 1.807) is 36.4 Å². The van der Waals surface area contributed by atoms with Crippen LogP contribution in [0.3, 0.4) is 0 Å². The Labute approximate surface area is 145 Å². The van der Waals surface area contributed by atoms with Crippen LogP contribution in [0.2, 0.25) is 0 Å². The molecule has 8 heteroatoms. The van der Waals surface area contributed by atoms with Gasteiger partial charge in [0.25, 0.3) is 0 Å². The van der Waals surface area contributed by atoms with E-state index in [0.717, 1.165) is 0 Å². The molecule has 0 aliphatic carbocycles. The Bertz CT molecular complexity index is 850. The monoisotopic (exact) mass is 363 g/mol. The molecule has 25 heavy (non-hydrogen) atoms. The van der Waals surface area contributed by atoms with Crippen molar-refractivity contribution in [2.45, 2.75) is 4.90 Å². The molecule has 2 aromatic rings. The van der Waals surface area contributed by atoms with E-state index in [1.807, 2.05) is 0 Å². The molecular weight excluding hydrogens is 345 g/mol. The van der Waals surface area contributed by atoms with Crippen molar-refractivity contribution in [3.05, 3.63) is 60.4 Å². The van der Waals surface area contributed by atoms with Gasteiger partial charge in [-0.25, -0.2) is 17.6 Å². The number of para-hydroxylation sites is 1. The van der Waals surface area contributed by atoms with Crippen LogP contribution < -0.4 is 5.32 Å². The maximum absolute atomic E-state index is 13.6. The van der Waals surface area contributed by atoms with Crippen molar-refractivity contribution < 1.29 is 17.6 Å². The molecule has 1 fully saturated rings. The first-order chi connectivity index (χ1) is 12.0. The fourth-order valence-corrected chi connectivity index (χ4v) is 4.07. The highest BCUT2D eigenvalue weighted by Gasteiger charge is 2.30. The minimum atomic E-state index is -3.56. The van der Waals surface area contributed by atoms with E-state index in [-0.39, 0.29) is 36.8 Å². The first-order valence-electron chi connectivity index (χ1n) is 7.84. The smallest absolute Gasteiger partial charge is 0.322 e. The molecule has 1 aliphatic rings. The second-order valence-corrected chi connectivity index (χ2v) is 7.55. The lowest BCUT2D eigenvalue weighted by molar-refractivity contribution is 0.184. The van der Waals surface area contributed by atoms with Crippen molar-refractivity contribution in [3.8, 4) is 0 Å². The average molecular weight is 363 g/mol. The number of halogens is 1. The Hall–Kier alpha value is -2.45. The summed E-state index contributed by atoms with van der Waals surface area (Å²) < 4.78 is 40.1. The Morgan fingerprint density at radius 2 is 1.52 bits per heavy atom. The summed E-state index contributed by atoms with van der Waals surface area (Å²) in [5, 5.41) is 2.51. The van der Waals surface area contributed by atoms with E-state index in [4.69, 9.17) is 0 Å². The van der Waals surface area contributed by atoms with Crippen LogP contribution in [0.4, 0.5) is 14.9 Å². The number of carbonyl (C=O) groups excluding carboxylic acids is 1. The number of nitrogens with one attached hydrogen (secondary N) is 1. The van der Waals surface area contributed by atoms with Gasteiger partial charge in [-0.2, -0.15) is 4.31 Å². The van der Waals surface area contributed by atoms with Crippen LogP contribution >= 0.6 is 0 Å². The van der Waals surface area contributed by atoms with Crippen molar-refractivity contribution in [2.24, 2.45) is 0 Å². The molecule has 0 radical (unpaired) electrons. The molecule has 0 aromatic heterocycles. The number of carbonyl (C=O) groups is 1. The first-order valence-corrected chi connectivity index (χ1v) is 9.28. The molecular formula is C17H18FN3O3S. The summed E-state index contributed by atoms with van der Waals surface area (Å²) in [7, 11) is -3.56.